The summed E-state index contributed by atoms with van der Waals surface area (Å²) in [6.07, 6.45) is 4.34. The lowest BCUT2D eigenvalue weighted by molar-refractivity contribution is 0.0741. The van der Waals surface area contributed by atoms with E-state index in [-0.39, 0.29) is 6.10 Å². The highest BCUT2D eigenvalue weighted by molar-refractivity contribution is 4.78. The highest BCUT2D eigenvalue weighted by Crippen LogP contribution is 2.14. The summed E-state index contributed by atoms with van der Waals surface area (Å²) in [5.74, 6) is 0. The molecule has 0 saturated carbocycles. The fourth-order valence-electron chi connectivity index (χ4n) is 2.34. The van der Waals surface area contributed by atoms with Gasteiger partial charge in [0.1, 0.15) is 0 Å². The second-order valence-corrected chi connectivity index (χ2v) is 4.92. The maximum Gasteiger partial charge on any atom is 0.0667 e. The van der Waals surface area contributed by atoms with Crippen LogP contribution in [0.4, 0.5) is 0 Å². The van der Waals surface area contributed by atoms with Crippen molar-refractivity contribution >= 4 is 0 Å². The molecule has 0 aromatic heterocycles. The number of rotatable bonds is 5. The van der Waals surface area contributed by atoms with Crippen LogP contribution in [-0.2, 0) is 0 Å². The molecule has 1 aliphatic rings. The van der Waals surface area contributed by atoms with Crippen LogP contribution in [0.5, 0.6) is 0 Å². The number of likely N-dealkylation sites (N-methyl/N-ethyl adjacent to an activating group) is 1. The zero-order chi connectivity index (χ0) is 11.3. The van der Waals surface area contributed by atoms with Gasteiger partial charge in [0.15, 0.2) is 0 Å². The van der Waals surface area contributed by atoms with Crippen molar-refractivity contribution in [2.24, 2.45) is 0 Å². The largest absolute Gasteiger partial charge is 0.392 e. The van der Waals surface area contributed by atoms with Crippen molar-refractivity contribution in [3.63, 3.8) is 0 Å². The molecule has 0 aromatic carbocycles. The van der Waals surface area contributed by atoms with Crippen LogP contribution < -0.4 is 0 Å². The Morgan fingerprint density at radius 3 is 2.53 bits per heavy atom. The summed E-state index contributed by atoms with van der Waals surface area (Å²) in [4.78, 5) is 4.72. The Morgan fingerprint density at radius 2 is 2.00 bits per heavy atom. The maximum absolute atomic E-state index is 9.75. The van der Waals surface area contributed by atoms with Crippen molar-refractivity contribution in [3.8, 4) is 0 Å². The smallest absolute Gasteiger partial charge is 0.0667 e. The predicted octanol–water partition coefficient (Wildman–Crippen LogP) is 1.17. The fraction of sp³-hybridized carbons (Fsp3) is 1.00. The Labute approximate surface area is 94.1 Å². The summed E-state index contributed by atoms with van der Waals surface area (Å²) < 4.78 is 0. The first kappa shape index (κ1) is 12.9. The monoisotopic (exact) mass is 214 g/mol. The molecule has 1 atom stereocenters. The van der Waals surface area contributed by atoms with Crippen LogP contribution >= 0.6 is 0 Å². The molecule has 1 rings (SSSR count). The Hall–Kier alpha value is -0.120. The van der Waals surface area contributed by atoms with Crippen LogP contribution in [0, 0.1) is 0 Å². The first-order valence-corrected chi connectivity index (χ1v) is 6.20. The van der Waals surface area contributed by atoms with Crippen LogP contribution in [0.15, 0.2) is 0 Å². The van der Waals surface area contributed by atoms with E-state index in [4.69, 9.17) is 0 Å². The molecule has 1 N–H and O–H groups in total. The van der Waals surface area contributed by atoms with E-state index in [2.05, 4.69) is 30.8 Å². The highest BCUT2D eigenvalue weighted by Gasteiger charge is 2.21. The zero-order valence-corrected chi connectivity index (χ0v) is 10.4. The summed E-state index contributed by atoms with van der Waals surface area (Å²) in [6.45, 7) is 5.35. The lowest BCUT2D eigenvalue weighted by Crippen LogP contribution is -2.44. The van der Waals surface area contributed by atoms with E-state index in [0.717, 1.165) is 19.4 Å². The van der Waals surface area contributed by atoms with Gasteiger partial charge in [0.25, 0.3) is 0 Å². The number of aliphatic hydroxyl groups excluding tert-OH is 1. The number of nitrogens with zero attached hydrogens (tertiary/aromatic N) is 2. The molecule has 1 heterocycles. The number of hydrogen-bond donors (Lipinski definition) is 1. The van der Waals surface area contributed by atoms with Gasteiger partial charge in [-0.2, -0.15) is 0 Å². The molecule has 0 bridgehead atoms. The van der Waals surface area contributed by atoms with E-state index in [9.17, 15) is 5.11 Å². The minimum atomic E-state index is -0.139. The van der Waals surface area contributed by atoms with E-state index < -0.39 is 0 Å². The molecule has 0 spiro atoms. The first-order chi connectivity index (χ1) is 7.13. The predicted molar refractivity (Wildman–Crippen MR) is 64.1 cm³/mol. The summed E-state index contributed by atoms with van der Waals surface area (Å²) in [5.41, 5.74) is 0. The third-order valence-electron chi connectivity index (χ3n) is 3.43. The second kappa shape index (κ2) is 6.46. The van der Waals surface area contributed by atoms with Crippen molar-refractivity contribution < 1.29 is 5.11 Å². The average Bonchev–Trinajstić information content (AvgIpc) is 2.18. The van der Waals surface area contributed by atoms with Crippen LogP contribution in [-0.4, -0.2) is 60.8 Å². The van der Waals surface area contributed by atoms with Crippen molar-refractivity contribution in [3.05, 3.63) is 0 Å². The fourth-order valence-corrected chi connectivity index (χ4v) is 2.34. The maximum atomic E-state index is 9.75. The number of hydrogen-bond acceptors (Lipinski definition) is 3. The Morgan fingerprint density at radius 1 is 1.40 bits per heavy atom. The molecular formula is C12H26N2O. The highest BCUT2D eigenvalue weighted by atomic mass is 16.3. The topological polar surface area (TPSA) is 26.7 Å². The lowest BCUT2D eigenvalue weighted by Gasteiger charge is -2.35. The van der Waals surface area contributed by atoms with Crippen LogP contribution in [0.25, 0.3) is 0 Å². The van der Waals surface area contributed by atoms with E-state index in [1.165, 1.54) is 25.9 Å². The molecule has 0 radical (unpaired) electrons. The van der Waals surface area contributed by atoms with Gasteiger partial charge in [0, 0.05) is 12.6 Å². The van der Waals surface area contributed by atoms with Gasteiger partial charge in [0.2, 0.25) is 0 Å². The molecule has 15 heavy (non-hydrogen) atoms. The Bertz CT molecular complexity index is 167. The molecule has 0 aromatic rings. The molecule has 3 heteroatoms. The van der Waals surface area contributed by atoms with Crippen molar-refractivity contribution in [2.75, 3.05) is 33.7 Å². The van der Waals surface area contributed by atoms with Crippen LogP contribution in [0.3, 0.4) is 0 Å². The second-order valence-electron chi connectivity index (χ2n) is 4.92. The number of piperidine rings is 1. The third-order valence-corrected chi connectivity index (χ3v) is 3.43. The van der Waals surface area contributed by atoms with Crippen LogP contribution in [0.1, 0.15) is 32.6 Å². The minimum Gasteiger partial charge on any atom is -0.392 e. The summed E-state index contributed by atoms with van der Waals surface area (Å²) >= 11 is 0. The number of aliphatic hydroxyl groups is 1. The minimum absolute atomic E-state index is 0.139. The summed E-state index contributed by atoms with van der Waals surface area (Å²) in [5, 5.41) is 9.75. The third kappa shape index (κ3) is 4.49. The lowest BCUT2D eigenvalue weighted by atomic mass is 10.0. The Kier molecular flexibility index (Phi) is 5.58. The molecule has 90 valence electrons. The van der Waals surface area contributed by atoms with E-state index in [0.29, 0.717) is 6.04 Å². The van der Waals surface area contributed by atoms with Gasteiger partial charge in [-0.3, -0.25) is 0 Å². The van der Waals surface area contributed by atoms with Gasteiger partial charge < -0.3 is 14.9 Å². The van der Waals surface area contributed by atoms with Gasteiger partial charge >= 0.3 is 0 Å². The van der Waals surface area contributed by atoms with Gasteiger partial charge in [-0.1, -0.05) is 13.3 Å². The van der Waals surface area contributed by atoms with Gasteiger partial charge in [-0.05, 0) is 46.4 Å². The molecule has 3 nitrogen and oxygen atoms in total. The quantitative estimate of drug-likeness (QED) is 0.744. The molecule has 1 aliphatic heterocycles. The first-order valence-electron chi connectivity index (χ1n) is 6.20. The summed E-state index contributed by atoms with van der Waals surface area (Å²) in [6, 6.07) is 0.674. The van der Waals surface area contributed by atoms with Crippen molar-refractivity contribution in [2.45, 2.75) is 44.8 Å². The van der Waals surface area contributed by atoms with Crippen molar-refractivity contribution in [1.29, 1.82) is 0 Å². The molecule has 1 unspecified atom stereocenters. The SMILES string of the molecule is CCCC(O)CN(C)C1CCN(C)CC1. The van der Waals surface area contributed by atoms with Crippen molar-refractivity contribution in [1.82, 2.24) is 9.80 Å². The average molecular weight is 214 g/mol. The van der Waals surface area contributed by atoms with Gasteiger partial charge in [0.05, 0.1) is 6.10 Å². The van der Waals surface area contributed by atoms with E-state index in [1.54, 1.807) is 0 Å². The van der Waals surface area contributed by atoms with Gasteiger partial charge in [-0.25, -0.2) is 0 Å². The number of likely N-dealkylation sites (tertiary alicyclic amines) is 1. The Balaban J connectivity index is 2.24. The molecular weight excluding hydrogens is 188 g/mol. The summed E-state index contributed by atoms with van der Waals surface area (Å²) in [7, 11) is 4.33. The normalized spacial score (nSPS) is 22.2. The molecule has 0 amide bonds. The van der Waals surface area contributed by atoms with Crippen LogP contribution in [0.2, 0.25) is 0 Å². The standard InChI is InChI=1S/C12H26N2O/c1-4-5-12(15)10-14(3)11-6-8-13(2)9-7-11/h11-12,15H,4-10H2,1-3H3. The van der Waals surface area contributed by atoms with E-state index in [1.807, 2.05) is 0 Å². The molecule has 1 fully saturated rings. The van der Waals surface area contributed by atoms with Gasteiger partial charge in [-0.15, -0.1) is 0 Å². The van der Waals surface area contributed by atoms with E-state index >= 15 is 0 Å². The zero-order valence-electron chi connectivity index (χ0n) is 10.4. The molecule has 0 aliphatic carbocycles. The molecule has 1 saturated heterocycles.